The molecule has 1 aliphatic heterocycles. The van der Waals surface area contributed by atoms with Gasteiger partial charge in [-0.3, -0.25) is 0 Å². The molecule has 0 aliphatic carbocycles. The number of nitrogens with two attached hydrogens (primary N) is 1. The summed E-state index contributed by atoms with van der Waals surface area (Å²) in [6.07, 6.45) is 0. The Morgan fingerprint density at radius 2 is 2.12 bits per heavy atom. The van der Waals surface area contributed by atoms with Crippen molar-refractivity contribution < 1.29 is 9.13 Å². The van der Waals surface area contributed by atoms with E-state index in [1.165, 1.54) is 6.07 Å². The first-order chi connectivity index (χ1) is 7.93. The molecule has 1 fully saturated rings. The molecule has 0 bridgehead atoms. The van der Waals surface area contributed by atoms with Crippen molar-refractivity contribution in [1.29, 1.82) is 0 Å². The first kappa shape index (κ1) is 12.8. The predicted molar refractivity (Wildman–Crippen MR) is 66.7 cm³/mol. The molecular weight excluding hydrogens is 241 g/mol. The van der Waals surface area contributed by atoms with E-state index in [4.69, 9.17) is 22.1 Å². The van der Waals surface area contributed by atoms with Gasteiger partial charge in [0.05, 0.1) is 18.6 Å². The highest BCUT2D eigenvalue weighted by Crippen LogP contribution is 2.48. The van der Waals surface area contributed by atoms with Crippen LogP contribution in [0.1, 0.15) is 19.4 Å². The summed E-state index contributed by atoms with van der Waals surface area (Å²) in [7, 11) is 0. The van der Waals surface area contributed by atoms with E-state index in [2.05, 4.69) is 0 Å². The first-order valence-electron chi connectivity index (χ1n) is 5.66. The molecule has 0 spiro atoms. The SMILES string of the molecule is CC(C)(CN)C1(c2cc(Cl)ccc2F)COC1. The fourth-order valence-corrected chi connectivity index (χ4v) is 2.45. The zero-order chi connectivity index (χ0) is 12.7. The van der Waals surface area contributed by atoms with Gasteiger partial charge in [0.25, 0.3) is 0 Å². The summed E-state index contributed by atoms with van der Waals surface area (Å²) in [4.78, 5) is 0. The summed E-state index contributed by atoms with van der Waals surface area (Å²) in [5.41, 5.74) is 5.84. The molecule has 2 N–H and O–H groups in total. The van der Waals surface area contributed by atoms with Gasteiger partial charge in [0.1, 0.15) is 5.82 Å². The largest absolute Gasteiger partial charge is 0.379 e. The Morgan fingerprint density at radius 3 is 2.59 bits per heavy atom. The van der Waals surface area contributed by atoms with Crippen LogP contribution in [0.25, 0.3) is 0 Å². The van der Waals surface area contributed by atoms with Gasteiger partial charge in [0.15, 0.2) is 0 Å². The highest BCUT2D eigenvalue weighted by atomic mass is 35.5. The molecule has 1 aromatic carbocycles. The fourth-order valence-electron chi connectivity index (χ4n) is 2.28. The molecule has 94 valence electrons. The van der Waals surface area contributed by atoms with Crippen molar-refractivity contribution in [2.24, 2.45) is 11.1 Å². The lowest BCUT2D eigenvalue weighted by molar-refractivity contribution is -0.118. The van der Waals surface area contributed by atoms with Crippen molar-refractivity contribution >= 4 is 11.6 Å². The van der Waals surface area contributed by atoms with Crippen LogP contribution in [0, 0.1) is 11.2 Å². The third-order valence-electron chi connectivity index (χ3n) is 3.95. The molecule has 2 rings (SSSR count). The zero-order valence-corrected chi connectivity index (χ0v) is 10.9. The average molecular weight is 258 g/mol. The number of ether oxygens (including phenoxy) is 1. The molecule has 0 unspecified atom stereocenters. The Hall–Kier alpha value is -0.640. The summed E-state index contributed by atoms with van der Waals surface area (Å²) >= 11 is 5.96. The molecule has 1 aromatic rings. The van der Waals surface area contributed by atoms with E-state index < -0.39 is 0 Å². The molecule has 1 saturated heterocycles. The lowest BCUT2D eigenvalue weighted by atomic mass is 9.60. The second-order valence-electron chi connectivity index (χ2n) is 5.29. The van der Waals surface area contributed by atoms with Crippen molar-refractivity contribution in [3.63, 3.8) is 0 Å². The number of rotatable bonds is 3. The Morgan fingerprint density at radius 1 is 1.47 bits per heavy atom. The topological polar surface area (TPSA) is 35.2 Å². The lowest BCUT2D eigenvalue weighted by Crippen LogP contribution is -2.59. The normalized spacial score (nSPS) is 18.9. The summed E-state index contributed by atoms with van der Waals surface area (Å²) in [6, 6.07) is 4.66. The van der Waals surface area contributed by atoms with E-state index >= 15 is 0 Å². The Kier molecular flexibility index (Phi) is 3.19. The third-order valence-corrected chi connectivity index (χ3v) is 4.18. The van der Waals surface area contributed by atoms with Gasteiger partial charge < -0.3 is 10.5 Å². The third kappa shape index (κ3) is 1.86. The maximum Gasteiger partial charge on any atom is 0.127 e. The standard InChI is InChI=1S/C13H17ClFNO/c1-12(2,6-16)13(7-17-8-13)10-5-9(14)3-4-11(10)15/h3-5H,6-8,16H2,1-2H3. The summed E-state index contributed by atoms with van der Waals surface area (Å²) in [6.45, 7) is 5.54. The highest BCUT2D eigenvalue weighted by Gasteiger charge is 2.52. The van der Waals surface area contributed by atoms with Gasteiger partial charge in [-0.05, 0) is 30.2 Å². The Bertz CT molecular complexity index is 429. The molecule has 0 saturated carbocycles. The number of benzene rings is 1. The molecule has 2 nitrogen and oxygen atoms in total. The van der Waals surface area contributed by atoms with Crippen LogP contribution in [-0.2, 0) is 10.2 Å². The van der Waals surface area contributed by atoms with Crippen LogP contribution in [0.5, 0.6) is 0 Å². The molecule has 4 heteroatoms. The van der Waals surface area contributed by atoms with E-state index in [-0.39, 0.29) is 16.6 Å². The van der Waals surface area contributed by atoms with E-state index in [1.807, 2.05) is 13.8 Å². The van der Waals surface area contributed by atoms with Gasteiger partial charge in [0.2, 0.25) is 0 Å². The number of hydrogen-bond donors (Lipinski definition) is 1. The van der Waals surface area contributed by atoms with Crippen molar-refractivity contribution in [3.05, 3.63) is 34.6 Å². The zero-order valence-electron chi connectivity index (χ0n) is 10.1. The van der Waals surface area contributed by atoms with Gasteiger partial charge in [-0.1, -0.05) is 25.4 Å². The van der Waals surface area contributed by atoms with Crippen LogP contribution >= 0.6 is 11.6 Å². The van der Waals surface area contributed by atoms with Gasteiger partial charge in [-0.15, -0.1) is 0 Å². The van der Waals surface area contributed by atoms with Crippen molar-refractivity contribution in [2.75, 3.05) is 19.8 Å². The minimum Gasteiger partial charge on any atom is -0.379 e. The van der Waals surface area contributed by atoms with E-state index in [1.54, 1.807) is 12.1 Å². The molecule has 0 aromatic heterocycles. The Balaban J connectivity index is 2.52. The van der Waals surface area contributed by atoms with Gasteiger partial charge >= 0.3 is 0 Å². The number of hydrogen-bond acceptors (Lipinski definition) is 2. The van der Waals surface area contributed by atoms with E-state index in [0.717, 1.165) is 0 Å². The van der Waals surface area contributed by atoms with Crippen LogP contribution in [-0.4, -0.2) is 19.8 Å². The second-order valence-corrected chi connectivity index (χ2v) is 5.72. The Labute approximate surface area is 106 Å². The number of halogens is 2. The minimum atomic E-state index is -0.364. The van der Waals surface area contributed by atoms with Crippen LogP contribution in [0.15, 0.2) is 18.2 Å². The van der Waals surface area contributed by atoms with Crippen LogP contribution in [0.4, 0.5) is 4.39 Å². The van der Waals surface area contributed by atoms with Crippen molar-refractivity contribution in [2.45, 2.75) is 19.3 Å². The molecule has 17 heavy (non-hydrogen) atoms. The molecule has 0 atom stereocenters. The second kappa shape index (κ2) is 4.23. The maximum atomic E-state index is 14.0. The average Bonchev–Trinajstić information content (AvgIpc) is 2.21. The minimum absolute atomic E-state index is 0.225. The molecule has 0 radical (unpaired) electrons. The van der Waals surface area contributed by atoms with Crippen LogP contribution in [0.3, 0.4) is 0 Å². The summed E-state index contributed by atoms with van der Waals surface area (Å²) in [5.74, 6) is -0.237. The summed E-state index contributed by atoms with van der Waals surface area (Å²) < 4.78 is 19.3. The van der Waals surface area contributed by atoms with Gasteiger partial charge in [0, 0.05) is 10.6 Å². The highest BCUT2D eigenvalue weighted by molar-refractivity contribution is 6.30. The molecular formula is C13H17ClFNO. The maximum absolute atomic E-state index is 14.0. The van der Waals surface area contributed by atoms with Gasteiger partial charge in [-0.2, -0.15) is 0 Å². The molecule has 1 heterocycles. The molecule has 0 amide bonds. The van der Waals surface area contributed by atoms with Gasteiger partial charge in [-0.25, -0.2) is 4.39 Å². The monoisotopic (exact) mass is 257 g/mol. The summed E-state index contributed by atoms with van der Waals surface area (Å²) in [5, 5.41) is 0.542. The van der Waals surface area contributed by atoms with E-state index in [0.29, 0.717) is 30.3 Å². The van der Waals surface area contributed by atoms with Crippen LogP contribution in [0.2, 0.25) is 5.02 Å². The first-order valence-corrected chi connectivity index (χ1v) is 6.04. The van der Waals surface area contributed by atoms with Crippen molar-refractivity contribution in [3.8, 4) is 0 Å². The quantitative estimate of drug-likeness (QED) is 0.904. The predicted octanol–water partition coefficient (Wildman–Crippen LogP) is 2.73. The van der Waals surface area contributed by atoms with Crippen molar-refractivity contribution in [1.82, 2.24) is 0 Å². The smallest absolute Gasteiger partial charge is 0.127 e. The fraction of sp³-hybridized carbons (Fsp3) is 0.538. The lowest BCUT2D eigenvalue weighted by Gasteiger charge is -2.52. The van der Waals surface area contributed by atoms with Crippen LogP contribution < -0.4 is 5.73 Å². The molecule has 1 aliphatic rings. The van der Waals surface area contributed by atoms with E-state index in [9.17, 15) is 4.39 Å².